The van der Waals surface area contributed by atoms with Gasteiger partial charge in [0.15, 0.2) is 99.8 Å². The van der Waals surface area contributed by atoms with Crippen molar-refractivity contribution in [3.63, 3.8) is 0 Å². The van der Waals surface area contributed by atoms with Gasteiger partial charge in [0.2, 0.25) is 5.91 Å². The van der Waals surface area contributed by atoms with Crippen molar-refractivity contribution in [2.45, 2.75) is 305 Å². The van der Waals surface area contributed by atoms with Gasteiger partial charge in [-0.1, -0.05) is 34.6 Å². The molecule has 0 radical (unpaired) electrons. The van der Waals surface area contributed by atoms with Crippen molar-refractivity contribution in [3.8, 4) is 0 Å². The van der Waals surface area contributed by atoms with Gasteiger partial charge in [-0.2, -0.15) is 0 Å². The Balaban J connectivity index is -0.000000442. The highest BCUT2D eigenvalue weighted by Crippen LogP contribution is 2.33. The van der Waals surface area contributed by atoms with E-state index in [4.69, 9.17) is 34.2 Å². The van der Waals surface area contributed by atoms with E-state index in [1.165, 1.54) is 93.0 Å². The molecule has 99 heavy (non-hydrogen) atoms. The Kier molecular flexibility index (Phi) is 50.0. The molecule has 1 N–H and O–H groups in total. The van der Waals surface area contributed by atoms with E-state index < -0.39 is 106 Å². The van der Waals surface area contributed by atoms with E-state index in [0.29, 0.717) is 24.4 Å². The van der Waals surface area contributed by atoms with Crippen LogP contribution in [0.3, 0.4) is 0 Å². The van der Waals surface area contributed by atoms with Crippen LogP contribution in [-0.4, -0.2) is 233 Å². The zero-order valence-corrected chi connectivity index (χ0v) is 82.6. The van der Waals surface area contributed by atoms with Crippen LogP contribution in [-0.2, 0) is 48.5 Å². The van der Waals surface area contributed by atoms with Crippen LogP contribution in [0.1, 0.15) is 73.6 Å². The molecule has 16 nitrogen and oxygen atoms in total. The first-order valence-electron chi connectivity index (χ1n) is 37.0. The number of carbonyl (C=O) groups excluding carboxylic acids is 3. The quantitative estimate of drug-likeness (QED) is 0.0154. The van der Waals surface area contributed by atoms with Gasteiger partial charge in [-0.3, -0.25) is 4.79 Å². The summed E-state index contributed by atoms with van der Waals surface area (Å²) in [6.45, 7) is 85.3. The molecule has 0 unspecified atom stereocenters. The molecule has 0 aromatic heterocycles. The molecule has 0 aliphatic heterocycles. The minimum atomic E-state index is -1.70. The third-order valence-electron chi connectivity index (χ3n) is 16.8. The molecule has 28 heteroatoms. The SMILES string of the molecule is C.C.C=C(C)C(=O)NCCC[N+](C)(C)CCCC[Si](C)(C)O[Si](C)(C)CC[Si](C)(C)O[Si](C)(C)C.C=C(C)C(=O)OCC[N+](C)(C)CCCC[Si](C)(C)O[Si](C)(C)CC[Si](C)(C)O[Si](C)(C)C.C=COC(=O)OCC[N+](C)(C)CCCC[Si](C)(C)O[Si](C)(C)CC[Si](C)(C)O[Si](C)(C)C. The highest BCUT2D eigenvalue weighted by atomic mass is 28.4. The number of esters is 1. The molecule has 1 amide bonds. The van der Waals surface area contributed by atoms with Crippen molar-refractivity contribution in [2.75, 3.05) is 101 Å². The topological polar surface area (TPSA) is 146 Å². The number of amides is 1. The van der Waals surface area contributed by atoms with Crippen molar-refractivity contribution < 1.29 is 66.7 Å². The standard InChI is InChI=1S/C24H56N2O3Si4.C23H54NO4Si4.C22H52NO5Si4.2CH4/c1-23(2)24(27)25-17-16-19-26(3,4)18-14-15-20-31(8,9)29-33(12,13)22-21-32(10,11)28-30(5,6)7;1-22(2)23(25)26-18-17-24(3,4)16-14-15-19-30(8,9)28-32(12,13)21-20-31(10,11)27-29(5,6)7;1-13-25-22(24)26-18-17-23(2,3)16-14-15-19-30(7,8)28-32(11,12)21-20-31(9,10)27-29(4,5)6;;/h1,14-22H2,2-13H3;1,14-21H2,2-13H3;13H,1,14-21H2,2-12H3;2*1H4/q;2*+1;;/p+1. The van der Waals surface area contributed by atoms with Gasteiger partial charge in [0.05, 0.1) is 74.7 Å². The van der Waals surface area contributed by atoms with E-state index in [1.807, 2.05) is 0 Å². The fourth-order valence-electron chi connectivity index (χ4n) is 12.4. The first kappa shape index (κ1) is 107. The second kappa shape index (κ2) is 46.1. The minimum Gasteiger partial charge on any atom is -0.456 e. The number of rotatable bonds is 49. The molecule has 0 aliphatic rings. The minimum absolute atomic E-state index is 0. The van der Waals surface area contributed by atoms with Crippen LogP contribution in [0.25, 0.3) is 0 Å². The van der Waals surface area contributed by atoms with Gasteiger partial charge in [-0.25, -0.2) is 9.59 Å². The van der Waals surface area contributed by atoms with Gasteiger partial charge in [0, 0.05) is 24.1 Å². The van der Waals surface area contributed by atoms with Crippen molar-refractivity contribution in [3.05, 3.63) is 37.1 Å². The Bertz CT molecular complexity index is 2340. The molecule has 0 aromatic carbocycles. The van der Waals surface area contributed by atoms with E-state index in [9.17, 15) is 14.4 Å². The van der Waals surface area contributed by atoms with Gasteiger partial charge >= 0.3 is 12.1 Å². The van der Waals surface area contributed by atoms with E-state index in [-0.39, 0.29) is 26.7 Å². The summed E-state index contributed by atoms with van der Waals surface area (Å²) < 4.78 is 57.8. The van der Waals surface area contributed by atoms with Gasteiger partial charge in [0.25, 0.3) is 0 Å². The molecule has 592 valence electrons. The smallest absolute Gasteiger partial charge is 0.456 e. The number of unbranched alkanes of at least 4 members (excludes halogenated alkanes) is 3. The molecule has 0 fully saturated rings. The van der Waals surface area contributed by atoms with E-state index in [1.54, 1.807) is 13.8 Å². The first-order chi connectivity index (χ1) is 43.1. The van der Waals surface area contributed by atoms with Gasteiger partial charge in [0.1, 0.15) is 26.3 Å². The Labute approximate surface area is 628 Å². The lowest BCUT2D eigenvalue weighted by molar-refractivity contribution is -0.890. The molecule has 0 rings (SSSR count). The zero-order valence-electron chi connectivity index (χ0n) is 70.6. The lowest BCUT2D eigenvalue weighted by Crippen LogP contribution is -2.47. The molecule has 0 aromatic rings. The van der Waals surface area contributed by atoms with Crippen LogP contribution in [0.15, 0.2) is 37.1 Å². The van der Waals surface area contributed by atoms with Crippen molar-refractivity contribution >= 4 is 118 Å². The van der Waals surface area contributed by atoms with Crippen LogP contribution in [0.2, 0.25) is 231 Å². The summed E-state index contributed by atoms with van der Waals surface area (Å²) in [6, 6.07) is 10.9. The van der Waals surface area contributed by atoms with Crippen LogP contribution in [0, 0.1) is 0 Å². The zero-order chi connectivity index (χ0) is 76.8. The highest BCUT2D eigenvalue weighted by molar-refractivity contribution is 6.90. The van der Waals surface area contributed by atoms with Crippen molar-refractivity contribution in [1.29, 1.82) is 0 Å². The van der Waals surface area contributed by atoms with Crippen LogP contribution in [0.5, 0.6) is 0 Å². The Hall–Kier alpha value is -0.327. The first-order valence-corrected chi connectivity index (χ1v) is 75.2. The predicted octanol–water partition coefficient (Wildman–Crippen LogP) is 20.7. The second-order valence-corrected chi connectivity index (χ2v) is 92.2. The summed E-state index contributed by atoms with van der Waals surface area (Å²) in [5, 5.41) is 2.93. The maximum absolute atomic E-state index is 11.6. The summed E-state index contributed by atoms with van der Waals surface area (Å²) in [6.07, 6.45) is 8.59. The molecule has 0 aliphatic carbocycles. The number of likely N-dealkylation sites (N-methyl/N-ethyl adjacent to an activating group) is 2. The molecule has 0 bridgehead atoms. The van der Waals surface area contributed by atoms with Gasteiger partial charge in [-0.15, -0.1) is 0 Å². The monoisotopic (exact) mass is 1610 g/mol. The van der Waals surface area contributed by atoms with Crippen molar-refractivity contribution in [2.24, 2.45) is 0 Å². The van der Waals surface area contributed by atoms with Crippen LogP contribution >= 0.6 is 0 Å². The molecule has 0 spiro atoms. The number of quaternary nitrogens is 3. The summed E-state index contributed by atoms with van der Waals surface area (Å²) in [7, 11) is -5.97. The number of hydrogen-bond donors (Lipinski definition) is 1. The number of carbonyl (C=O) groups is 3. The number of nitrogens with one attached hydrogen (secondary N) is 1. The second-order valence-electron chi connectivity index (χ2n) is 38.5. The third kappa shape index (κ3) is 65.7. The fourth-order valence-corrected chi connectivity index (χ4v) is 71.7. The Morgan fingerprint density at radius 2 is 0.586 bits per heavy atom. The number of hydrogen-bond acceptors (Lipinski definition) is 12. The molecular weight excluding hydrogens is 1440 g/mol. The largest absolute Gasteiger partial charge is 0.513 e. The lowest BCUT2D eigenvalue weighted by atomic mass is 10.2. The molecule has 0 saturated carbocycles. The molecular formula is C71H171N4O12Si12+3. The normalized spacial score (nSPS) is 13.5. The Morgan fingerprint density at radius 3 is 0.838 bits per heavy atom. The van der Waals surface area contributed by atoms with Gasteiger partial charge in [-0.05, 0) is 284 Å². The van der Waals surface area contributed by atoms with E-state index in [0.717, 1.165) is 71.8 Å². The molecule has 0 atom stereocenters. The summed E-state index contributed by atoms with van der Waals surface area (Å²) in [5.41, 5.74) is 1.04. The predicted molar refractivity (Wildman–Crippen MR) is 465 cm³/mol. The third-order valence-corrected chi connectivity index (χ3v) is 58.9. The average molecular weight is 1610 g/mol. The van der Waals surface area contributed by atoms with E-state index >= 15 is 0 Å². The number of ether oxygens (including phenoxy) is 3. The summed E-state index contributed by atoms with van der Waals surface area (Å²) in [4.78, 5) is 34.4. The highest BCUT2D eigenvalue weighted by Gasteiger charge is 2.40. The lowest BCUT2D eigenvalue weighted by Gasteiger charge is -2.37. The fraction of sp³-hybridized carbons (Fsp3) is 0.873. The summed E-state index contributed by atoms with van der Waals surface area (Å²) in [5.74, 6) is -0.326. The number of nitrogens with zero attached hydrogens (tertiary/aromatic N) is 3. The molecule has 0 saturated heterocycles. The maximum Gasteiger partial charge on any atom is 0.513 e. The van der Waals surface area contributed by atoms with E-state index in [2.05, 4.69) is 249 Å². The molecule has 0 heterocycles. The van der Waals surface area contributed by atoms with Crippen LogP contribution in [0.4, 0.5) is 4.79 Å². The Morgan fingerprint density at radius 1 is 0.343 bits per heavy atom. The average Bonchev–Trinajstić information content (AvgIpc) is 0.856. The van der Waals surface area contributed by atoms with Gasteiger partial charge < -0.3 is 57.7 Å². The maximum atomic E-state index is 11.6. The van der Waals surface area contributed by atoms with Crippen molar-refractivity contribution in [1.82, 2.24) is 5.32 Å². The van der Waals surface area contributed by atoms with Crippen LogP contribution < -0.4 is 5.32 Å². The summed E-state index contributed by atoms with van der Waals surface area (Å²) >= 11 is 0.